The number of amides is 2. The van der Waals surface area contributed by atoms with E-state index in [1.165, 1.54) is 41.0 Å². The van der Waals surface area contributed by atoms with Gasteiger partial charge in [-0.05, 0) is 66.3 Å². The number of carbonyl (C=O) groups is 4. The molecule has 7 N–H and O–H groups in total. The number of aromatic carboxylic acids is 1. The second-order valence-electron chi connectivity index (χ2n) is 11.8. The van der Waals surface area contributed by atoms with Gasteiger partial charge in [-0.2, -0.15) is 0 Å². The molecule has 1 aliphatic heterocycles. The second kappa shape index (κ2) is 14.1. The summed E-state index contributed by atoms with van der Waals surface area (Å²) in [7, 11) is 3.27. The highest BCUT2D eigenvalue weighted by Crippen LogP contribution is 2.42. The molecule has 0 atom stereocenters. The zero-order chi connectivity index (χ0) is 37.3. The number of carboxylic acids is 2. The zero-order valence-electron chi connectivity index (χ0n) is 27.5. The van der Waals surface area contributed by atoms with Crippen LogP contribution in [0.3, 0.4) is 0 Å². The van der Waals surface area contributed by atoms with Crippen molar-refractivity contribution in [1.82, 2.24) is 14.5 Å². The van der Waals surface area contributed by atoms with E-state index in [0.29, 0.717) is 39.1 Å². The maximum Gasteiger partial charge on any atom is 0.336 e. The maximum atomic E-state index is 13.1. The molecular weight excluding hydrogens is 692 g/mol. The standard InChI is InChI=1S/C36H30N6O9S/c1-41-16-19(12-27(41)33(47)37-10-9-31(45)46)38-34(48)28-13-20(17-42(28)2)40-36(52)39-18-3-6-23(26(11-18)35(49)50)32-24-7-4-21(43)14-29(24)51-30-15-22(44)5-8-25(30)32/h3-8,11-17,43H,9-10H2,1-2H3,(H,37,47)(H,38,48)(H,45,46)(H,49,50)(H2,39,40,52). The van der Waals surface area contributed by atoms with E-state index in [2.05, 4.69) is 21.3 Å². The highest BCUT2D eigenvalue weighted by Gasteiger charge is 2.23. The molecule has 15 nitrogen and oxygen atoms in total. The van der Waals surface area contributed by atoms with E-state index in [-0.39, 0.29) is 57.6 Å². The first kappa shape index (κ1) is 34.9. The summed E-state index contributed by atoms with van der Waals surface area (Å²) in [5.74, 6) is -3.06. The molecule has 16 heteroatoms. The minimum atomic E-state index is -1.22. The second-order valence-corrected chi connectivity index (χ2v) is 12.2. The molecule has 2 aliphatic rings. The Morgan fingerprint density at radius 2 is 1.42 bits per heavy atom. The van der Waals surface area contributed by atoms with Gasteiger partial charge in [0, 0.05) is 67.4 Å². The fraction of sp³-hybridized carbons (Fsp3) is 0.111. The van der Waals surface area contributed by atoms with Crippen LogP contribution in [0, 0.1) is 0 Å². The molecule has 0 unspecified atom stereocenters. The first-order valence-corrected chi connectivity index (χ1v) is 16.0. The monoisotopic (exact) mass is 722 g/mol. The SMILES string of the molecule is Cn1cc(NC(=O)c2cc(NC(=S)Nc3ccc(-c4c5ccc(=O)cc-5oc5cc(O)ccc45)c(C(=O)O)c3)cn2C)cc1C(=O)NCCC(=O)O. The molecule has 52 heavy (non-hydrogen) atoms. The molecule has 0 saturated heterocycles. The van der Waals surface area contributed by atoms with Gasteiger partial charge >= 0.3 is 11.9 Å². The van der Waals surface area contributed by atoms with Gasteiger partial charge in [0.05, 0.1) is 23.4 Å². The molecule has 0 bridgehead atoms. The van der Waals surface area contributed by atoms with Crippen LogP contribution in [0.1, 0.15) is 37.8 Å². The zero-order valence-corrected chi connectivity index (χ0v) is 28.3. The van der Waals surface area contributed by atoms with E-state index in [4.69, 9.17) is 21.7 Å². The molecule has 1 aliphatic carbocycles. The molecule has 4 aromatic rings. The number of aryl methyl sites for hydroxylation is 2. The van der Waals surface area contributed by atoms with Gasteiger partial charge in [0.1, 0.15) is 28.5 Å². The maximum absolute atomic E-state index is 13.1. The van der Waals surface area contributed by atoms with Crippen LogP contribution in [0.2, 0.25) is 0 Å². The predicted octanol–water partition coefficient (Wildman–Crippen LogP) is 4.91. The molecule has 6 rings (SSSR count). The lowest BCUT2D eigenvalue weighted by Crippen LogP contribution is -2.27. The first-order valence-electron chi connectivity index (χ1n) is 15.6. The number of carboxylic acid groups (broad SMARTS) is 2. The molecule has 0 radical (unpaired) electrons. The molecule has 2 amide bonds. The van der Waals surface area contributed by atoms with Crippen LogP contribution in [0.25, 0.3) is 33.4 Å². The molecule has 3 heterocycles. The lowest BCUT2D eigenvalue weighted by molar-refractivity contribution is -0.136. The van der Waals surface area contributed by atoms with Crippen molar-refractivity contribution in [3.8, 4) is 28.2 Å². The number of phenolic OH excluding ortho intramolecular Hbond substituents is 1. The van der Waals surface area contributed by atoms with Crippen LogP contribution in [0.15, 0.2) is 88.3 Å². The van der Waals surface area contributed by atoms with E-state index in [0.717, 1.165) is 0 Å². The molecule has 0 fully saturated rings. The van der Waals surface area contributed by atoms with Crippen LogP contribution in [-0.4, -0.2) is 59.9 Å². The normalized spacial score (nSPS) is 11.0. The van der Waals surface area contributed by atoms with Crippen molar-refractivity contribution in [3.05, 3.63) is 106 Å². The Hall–Kier alpha value is -6.94. The number of hydrogen-bond donors (Lipinski definition) is 7. The van der Waals surface area contributed by atoms with E-state index < -0.39 is 23.8 Å². The summed E-state index contributed by atoms with van der Waals surface area (Å²) in [6.07, 6.45) is 2.95. The summed E-state index contributed by atoms with van der Waals surface area (Å²) >= 11 is 5.49. The molecule has 2 aromatic heterocycles. The van der Waals surface area contributed by atoms with Gasteiger partial charge in [0.2, 0.25) is 0 Å². The third kappa shape index (κ3) is 7.31. The van der Waals surface area contributed by atoms with Crippen LogP contribution >= 0.6 is 12.2 Å². The van der Waals surface area contributed by atoms with Gasteiger partial charge in [0.15, 0.2) is 10.5 Å². The number of thiocarbonyl (C=S) groups is 1. The fourth-order valence-corrected chi connectivity index (χ4v) is 5.98. The lowest BCUT2D eigenvalue weighted by atomic mass is 9.90. The van der Waals surface area contributed by atoms with Crippen molar-refractivity contribution < 1.29 is 38.9 Å². The van der Waals surface area contributed by atoms with Gasteiger partial charge in [-0.25, -0.2) is 4.79 Å². The molecular formula is C36H30N6O9S. The number of aromatic nitrogens is 2. The topological polar surface area (TPSA) is 217 Å². The van der Waals surface area contributed by atoms with Crippen molar-refractivity contribution in [2.24, 2.45) is 14.1 Å². The Morgan fingerprint density at radius 1 is 0.769 bits per heavy atom. The molecule has 0 spiro atoms. The Balaban J connectivity index is 1.19. The van der Waals surface area contributed by atoms with E-state index in [1.54, 1.807) is 61.4 Å². The smallest absolute Gasteiger partial charge is 0.336 e. The van der Waals surface area contributed by atoms with Crippen molar-refractivity contribution in [1.29, 1.82) is 0 Å². The summed E-state index contributed by atoms with van der Waals surface area (Å²) in [5, 5.41) is 41.0. The number of aliphatic carboxylic acids is 1. The number of hydrogen-bond acceptors (Lipinski definition) is 8. The first-order chi connectivity index (χ1) is 24.8. The number of fused-ring (bicyclic) bond motifs is 2. The third-order valence-electron chi connectivity index (χ3n) is 8.07. The molecule has 264 valence electrons. The largest absolute Gasteiger partial charge is 0.508 e. The van der Waals surface area contributed by atoms with Crippen molar-refractivity contribution in [3.63, 3.8) is 0 Å². The summed E-state index contributed by atoms with van der Waals surface area (Å²) in [5.41, 5.74) is 2.89. The van der Waals surface area contributed by atoms with E-state index in [9.17, 15) is 34.2 Å². The number of carbonyl (C=O) groups excluding carboxylic acids is 2. The van der Waals surface area contributed by atoms with Gasteiger partial charge in [-0.1, -0.05) is 6.07 Å². The predicted molar refractivity (Wildman–Crippen MR) is 196 cm³/mol. The van der Waals surface area contributed by atoms with Gasteiger partial charge in [0.25, 0.3) is 11.8 Å². The quantitative estimate of drug-likeness (QED) is 0.0742. The third-order valence-corrected chi connectivity index (χ3v) is 8.27. The van der Waals surface area contributed by atoms with Crippen molar-refractivity contribution in [2.75, 3.05) is 22.5 Å². The molecule has 0 saturated carbocycles. The summed E-state index contributed by atoms with van der Waals surface area (Å²) in [6.45, 7) is -0.0416. The van der Waals surface area contributed by atoms with Gasteiger partial charge < -0.3 is 50.1 Å². The van der Waals surface area contributed by atoms with Crippen LogP contribution in [0.4, 0.5) is 17.1 Å². The number of phenols is 1. The minimum Gasteiger partial charge on any atom is -0.508 e. The van der Waals surface area contributed by atoms with E-state index in [1.807, 2.05) is 0 Å². The van der Waals surface area contributed by atoms with Crippen molar-refractivity contribution in [2.45, 2.75) is 6.42 Å². The average Bonchev–Trinajstić information content (AvgIpc) is 3.63. The number of rotatable bonds is 10. The summed E-state index contributed by atoms with van der Waals surface area (Å²) in [6, 6.07) is 16.4. The van der Waals surface area contributed by atoms with Crippen LogP contribution in [0.5, 0.6) is 5.75 Å². The summed E-state index contributed by atoms with van der Waals surface area (Å²) in [4.78, 5) is 61.0. The number of nitrogens with zero attached hydrogens (tertiary/aromatic N) is 2. The number of nitrogens with one attached hydrogen (secondary N) is 4. The Morgan fingerprint density at radius 3 is 2.12 bits per heavy atom. The average molecular weight is 723 g/mol. The van der Waals surface area contributed by atoms with Crippen molar-refractivity contribution >= 4 is 69.1 Å². The number of anilines is 3. The number of benzene rings is 3. The highest BCUT2D eigenvalue weighted by atomic mass is 32.1. The highest BCUT2D eigenvalue weighted by molar-refractivity contribution is 7.80. The molecule has 2 aromatic carbocycles. The Labute approximate surface area is 299 Å². The van der Waals surface area contributed by atoms with Crippen LogP contribution in [-0.2, 0) is 18.9 Å². The Bertz CT molecular complexity index is 2460. The van der Waals surface area contributed by atoms with Gasteiger partial charge in [-0.3, -0.25) is 19.2 Å². The van der Waals surface area contributed by atoms with E-state index >= 15 is 0 Å². The van der Waals surface area contributed by atoms with Crippen LogP contribution < -0.4 is 26.7 Å². The summed E-state index contributed by atoms with van der Waals surface area (Å²) < 4.78 is 8.96. The Kier molecular flexibility index (Phi) is 9.48. The van der Waals surface area contributed by atoms with Gasteiger partial charge in [-0.15, -0.1) is 0 Å². The lowest BCUT2D eigenvalue weighted by Gasteiger charge is -2.18. The fourth-order valence-electron chi connectivity index (χ4n) is 5.75. The minimum absolute atomic E-state index is 0.0416. The number of aromatic hydroxyl groups is 1.